The summed E-state index contributed by atoms with van der Waals surface area (Å²) in [6, 6.07) is 0.839. The van der Waals surface area contributed by atoms with Gasteiger partial charge in [-0.2, -0.15) is 0 Å². The monoisotopic (exact) mass is 250 g/mol. The standard InChI is InChI=1S/C11H18N6O/c18-11(7-17-8-12-14-15-17)13-9-4-6-16-5-2-1-3-10(9)16/h8-10H,1-7H2,(H,13,18)/t9-,10-/m0/s1. The molecular weight excluding hydrogens is 232 g/mol. The molecule has 3 rings (SSSR count). The van der Waals surface area contributed by atoms with Crippen LogP contribution in [0.4, 0.5) is 0 Å². The molecule has 2 aliphatic rings. The van der Waals surface area contributed by atoms with Crippen molar-refractivity contribution in [3.63, 3.8) is 0 Å². The predicted molar refractivity (Wildman–Crippen MR) is 63.6 cm³/mol. The number of carbonyl (C=O) groups excluding carboxylic acids is 1. The topological polar surface area (TPSA) is 75.9 Å². The zero-order chi connectivity index (χ0) is 12.4. The first kappa shape index (κ1) is 11.6. The van der Waals surface area contributed by atoms with E-state index < -0.39 is 0 Å². The molecule has 2 aliphatic heterocycles. The minimum Gasteiger partial charge on any atom is -0.350 e. The first-order valence-electron chi connectivity index (χ1n) is 6.57. The molecule has 2 fully saturated rings. The van der Waals surface area contributed by atoms with Crippen LogP contribution in [-0.4, -0.2) is 56.2 Å². The van der Waals surface area contributed by atoms with Crippen molar-refractivity contribution in [1.82, 2.24) is 30.4 Å². The van der Waals surface area contributed by atoms with Gasteiger partial charge in [0.2, 0.25) is 5.91 Å². The van der Waals surface area contributed by atoms with Crippen molar-refractivity contribution >= 4 is 5.91 Å². The third kappa shape index (κ3) is 2.35. The average molecular weight is 250 g/mol. The second kappa shape index (κ2) is 5.01. The zero-order valence-electron chi connectivity index (χ0n) is 10.3. The molecule has 18 heavy (non-hydrogen) atoms. The Labute approximate surface area is 106 Å². The molecule has 2 atom stereocenters. The lowest BCUT2D eigenvalue weighted by molar-refractivity contribution is -0.122. The summed E-state index contributed by atoms with van der Waals surface area (Å²) >= 11 is 0. The van der Waals surface area contributed by atoms with E-state index in [1.807, 2.05) is 0 Å². The van der Waals surface area contributed by atoms with Crippen LogP contribution in [0.1, 0.15) is 25.7 Å². The van der Waals surface area contributed by atoms with Gasteiger partial charge in [-0.3, -0.25) is 9.69 Å². The SMILES string of the molecule is O=C(Cn1cnnn1)N[C@H]1CCN2CCCC[C@@H]12. The van der Waals surface area contributed by atoms with Gasteiger partial charge in [0, 0.05) is 18.6 Å². The maximum atomic E-state index is 11.9. The van der Waals surface area contributed by atoms with Crippen LogP contribution in [-0.2, 0) is 11.3 Å². The molecule has 1 N–H and O–H groups in total. The Balaban J connectivity index is 1.54. The van der Waals surface area contributed by atoms with Gasteiger partial charge in [-0.15, -0.1) is 5.10 Å². The van der Waals surface area contributed by atoms with Crippen LogP contribution in [0.3, 0.4) is 0 Å². The fraction of sp³-hybridized carbons (Fsp3) is 0.818. The van der Waals surface area contributed by atoms with E-state index in [-0.39, 0.29) is 12.5 Å². The third-order valence-electron chi connectivity index (χ3n) is 3.90. The molecule has 2 saturated heterocycles. The highest BCUT2D eigenvalue weighted by molar-refractivity contribution is 5.76. The minimum atomic E-state index is -0.000256. The Kier molecular flexibility index (Phi) is 3.22. The van der Waals surface area contributed by atoms with Gasteiger partial charge >= 0.3 is 0 Å². The normalized spacial score (nSPS) is 28.0. The highest BCUT2D eigenvalue weighted by atomic mass is 16.2. The number of carbonyl (C=O) groups is 1. The van der Waals surface area contributed by atoms with Crippen LogP contribution < -0.4 is 5.32 Å². The molecule has 0 aliphatic carbocycles. The van der Waals surface area contributed by atoms with E-state index in [2.05, 4.69) is 25.7 Å². The van der Waals surface area contributed by atoms with Crippen molar-refractivity contribution in [2.45, 2.75) is 44.3 Å². The number of nitrogens with one attached hydrogen (secondary N) is 1. The van der Waals surface area contributed by atoms with Crippen molar-refractivity contribution in [3.05, 3.63) is 6.33 Å². The first-order chi connectivity index (χ1) is 8.83. The summed E-state index contributed by atoms with van der Waals surface area (Å²) in [4.78, 5) is 14.4. The number of tetrazole rings is 1. The molecule has 0 spiro atoms. The molecule has 0 unspecified atom stereocenters. The van der Waals surface area contributed by atoms with Gasteiger partial charge in [0.25, 0.3) is 0 Å². The summed E-state index contributed by atoms with van der Waals surface area (Å²) in [6.07, 6.45) is 6.30. The highest BCUT2D eigenvalue weighted by Crippen LogP contribution is 2.26. The van der Waals surface area contributed by atoms with Gasteiger partial charge in [0.05, 0.1) is 0 Å². The van der Waals surface area contributed by atoms with E-state index in [4.69, 9.17) is 0 Å². The Bertz CT molecular complexity index is 406. The summed E-state index contributed by atoms with van der Waals surface area (Å²) in [5.74, 6) is -0.000256. The van der Waals surface area contributed by atoms with Crippen LogP contribution in [0.25, 0.3) is 0 Å². The number of piperidine rings is 1. The number of amides is 1. The van der Waals surface area contributed by atoms with E-state index in [1.165, 1.54) is 36.8 Å². The molecule has 0 bridgehead atoms. The lowest BCUT2D eigenvalue weighted by Crippen LogP contribution is -2.47. The molecule has 0 aromatic carbocycles. The van der Waals surface area contributed by atoms with Crippen molar-refractivity contribution in [2.24, 2.45) is 0 Å². The fourth-order valence-corrected chi connectivity index (χ4v) is 3.07. The first-order valence-corrected chi connectivity index (χ1v) is 6.57. The van der Waals surface area contributed by atoms with Crippen molar-refractivity contribution in [1.29, 1.82) is 0 Å². The fourth-order valence-electron chi connectivity index (χ4n) is 3.07. The third-order valence-corrected chi connectivity index (χ3v) is 3.90. The number of hydrogen-bond acceptors (Lipinski definition) is 5. The van der Waals surface area contributed by atoms with Crippen LogP contribution in [0, 0.1) is 0 Å². The second-order valence-electron chi connectivity index (χ2n) is 5.07. The lowest BCUT2D eigenvalue weighted by Gasteiger charge is -2.32. The van der Waals surface area contributed by atoms with Crippen molar-refractivity contribution in [2.75, 3.05) is 13.1 Å². The Morgan fingerprint density at radius 2 is 2.28 bits per heavy atom. The van der Waals surface area contributed by atoms with Gasteiger partial charge < -0.3 is 5.32 Å². The summed E-state index contributed by atoms with van der Waals surface area (Å²) in [7, 11) is 0. The van der Waals surface area contributed by atoms with Gasteiger partial charge in [-0.1, -0.05) is 6.42 Å². The molecule has 7 nitrogen and oxygen atoms in total. The molecule has 1 aromatic heterocycles. The zero-order valence-corrected chi connectivity index (χ0v) is 10.3. The number of rotatable bonds is 3. The quantitative estimate of drug-likeness (QED) is 0.776. The minimum absolute atomic E-state index is 0.000256. The number of nitrogens with zero attached hydrogens (tertiary/aromatic N) is 5. The van der Waals surface area contributed by atoms with Crippen molar-refractivity contribution < 1.29 is 4.79 Å². The molecule has 98 valence electrons. The lowest BCUT2D eigenvalue weighted by atomic mass is 9.99. The van der Waals surface area contributed by atoms with Gasteiger partial charge in [-0.05, 0) is 36.2 Å². The van der Waals surface area contributed by atoms with E-state index in [1.54, 1.807) is 0 Å². The predicted octanol–water partition coefficient (Wildman–Crippen LogP) is -0.584. The summed E-state index contributed by atoms with van der Waals surface area (Å²) in [6.45, 7) is 2.50. The van der Waals surface area contributed by atoms with E-state index >= 15 is 0 Å². The smallest absolute Gasteiger partial charge is 0.242 e. The van der Waals surface area contributed by atoms with E-state index in [0.29, 0.717) is 12.1 Å². The van der Waals surface area contributed by atoms with Crippen LogP contribution in [0.2, 0.25) is 0 Å². The number of aromatic nitrogens is 4. The van der Waals surface area contributed by atoms with Gasteiger partial charge in [0.15, 0.2) is 0 Å². The highest BCUT2D eigenvalue weighted by Gasteiger charge is 2.36. The molecule has 7 heteroatoms. The van der Waals surface area contributed by atoms with Crippen molar-refractivity contribution in [3.8, 4) is 0 Å². The van der Waals surface area contributed by atoms with Crippen LogP contribution in [0.5, 0.6) is 0 Å². The summed E-state index contributed by atoms with van der Waals surface area (Å²) < 4.78 is 1.45. The Hall–Kier alpha value is -1.50. The summed E-state index contributed by atoms with van der Waals surface area (Å²) in [5, 5.41) is 13.8. The van der Waals surface area contributed by atoms with E-state index in [9.17, 15) is 4.79 Å². The summed E-state index contributed by atoms with van der Waals surface area (Å²) in [5.41, 5.74) is 0. The average Bonchev–Trinajstić information content (AvgIpc) is 3.00. The second-order valence-corrected chi connectivity index (χ2v) is 5.07. The Morgan fingerprint density at radius 1 is 1.33 bits per heavy atom. The van der Waals surface area contributed by atoms with Crippen LogP contribution in [0.15, 0.2) is 6.33 Å². The molecule has 3 heterocycles. The maximum absolute atomic E-state index is 11.9. The van der Waals surface area contributed by atoms with Gasteiger partial charge in [-0.25, -0.2) is 4.68 Å². The molecule has 0 radical (unpaired) electrons. The number of fused-ring (bicyclic) bond motifs is 1. The number of hydrogen-bond donors (Lipinski definition) is 1. The van der Waals surface area contributed by atoms with Gasteiger partial charge in [0.1, 0.15) is 12.9 Å². The maximum Gasteiger partial charge on any atom is 0.242 e. The molecule has 1 aromatic rings. The molecule has 1 amide bonds. The largest absolute Gasteiger partial charge is 0.350 e. The molecular formula is C11H18N6O. The van der Waals surface area contributed by atoms with Crippen LogP contribution >= 0.6 is 0 Å². The van der Waals surface area contributed by atoms with E-state index in [0.717, 1.165) is 13.0 Å². The Morgan fingerprint density at radius 3 is 3.11 bits per heavy atom. The molecule has 0 saturated carbocycles.